The minimum atomic E-state index is -4.60. The van der Waals surface area contributed by atoms with Gasteiger partial charge in [0, 0.05) is 6.42 Å². The molecule has 1 aromatic rings. The number of allylic oxidation sites excluding steroid dienone is 4. The zero-order valence-electron chi connectivity index (χ0n) is 19.2. The Labute approximate surface area is 212 Å². The molecule has 1 aliphatic rings. The molecule has 1 amide bonds. The maximum absolute atomic E-state index is 13.6. The molecular formula is C24H27Cl3F3NO3. The van der Waals surface area contributed by atoms with Gasteiger partial charge in [0.25, 0.3) is 0 Å². The van der Waals surface area contributed by atoms with Gasteiger partial charge in [-0.2, -0.15) is 13.2 Å². The Hall–Kier alpha value is -1.70. The maximum atomic E-state index is 13.6. The highest BCUT2D eigenvalue weighted by Crippen LogP contribution is 2.41. The zero-order valence-corrected chi connectivity index (χ0v) is 21.5. The minimum Gasteiger partial charge on any atom is -0.460 e. The molecule has 0 spiro atoms. The van der Waals surface area contributed by atoms with Crippen LogP contribution in [0.15, 0.2) is 40.4 Å². The third-order valence-corrected chi connectivity index (χ3v) is 6.42. The quantitative estimate of drug-likeness (QED) is 0.362. The minimum absolute atomic E-state index is 0.0957. The Balaban J connectivity index is 2.23. The first-order valence-corrected chi connectivity index (χ1v) is 11.8. The molecule has 2 rings (SSSR count). The number of alkyl halides is 3. The van der Waals surface area contributed by atoms with Crippen molar-refractivity contribution < 1.29 is 27.5 Å². The van der Waals surface area contributed by atoms with Crippen LogP contribution < -0.4 is 5.32 Å². The van der Waals surface area contributed by atoms with Crippen molar-refractivity contribution in [3.63, 3.8) is 0 Å². The van der Waals surface area contributed by atoms with Gasteiger partial charge in [-0.05, 0) is 57.2 Å². The van der Waals surface area contributed by atoms with Crippen LogP contribution in [-0.4, -0.2) is 23.7 Å². The number of carbonyl (C=O) groups excluding carboxylic acids is 2. The summed E-state index contributed by atoms with van der Waals surface area (Å²) in [6.07, 6.45) is -1.18. The molecule has 4 nitrogen and oxygen atoms in total. The average Bonchev–Trinajstić information content (AvgIpc) is 2.69. The lowest BCUT2D eigenvalue weighted by Crippen LogP contribution is -2.40. The second-order valence-corrected chi connectivity index (χ2v) is 10.4. The third kappa shape index (κ3) is 8.21. The van der Waals surface area contributed by atoms with Crippen LogP contribution in [-0.2, 0) is 20.7 Å². The van der Waals surface area contributed by atoms with E-state index >= 15 is 0 Å². The Morgan fingerprint density at radius 1 is 1.15 bits per heavy atom. The van der Waals surface area contributed by atoms with Gasteiger partial charge in [-0.15, -0.1) is 0 Å². The number of nitrogens with one attached hydrogen (secondary N) is 1. The number of carbonyl (C=O) groups is 2. The van der Waals surface area contributed by atoms with E-state index in [0.29, 0.717) is 12.0 Å². The van der Waals surface area contributed by atoms with Crippen molar-refractivity contribution in [2.24, 2.45) is 17.8 Å². The molecule has 10 heteroatoms. The predicted molar refractivity (Wildman–Crippen MR) is 129 cm³/mol. The van der Waals surface area contributed by atoms with Crippen molar-refractivity contribution in [1.82, 2.24) is 0 Å². The van der Waals surface area contributed by atoms with Crippen LogP contribution in [0.4, 0.5) is 18.9 Å². The van der Waals surface area contributed by atoms with Crippen molar-refractivity contribution >= 4 is 52.4 Å². The largest absolute Gasteiger partial charge is 0.460 e. The summed E-state index contributed by atoms with van der Waals surface area (Å²) >= 11 is 18.2. The first-order chi connectivity index (χ1) is 15.6. The monoisotopic (exact) mass is 539 g/mol. The van der Waals surface area contributed by atoms with Crippen LogP contribution in [0.2, 0.25) is 5.02 Å². The lowest BCUT2D eigenvalue weighted by Gasteiger charge is -2.31. The van der Waals surface area contributed by atoms with Gasteiger partial charge in [0.05, 0.1) is 32.6 Å². The van der Waals surface area contributed by atoms with Gasteiger partial charge in [-0.25, -0.2) is 0 Å². The Bertz CT molecular complexity index is 984. The zero-order chi connectivity index (χ0) is 25.8. The summed E-state index contributed by atoms with van der Waals surface area (Å²) in [5.41, 5.74) is 0.213. The van der Waals surface area contributed by atoms with Crippen LogP contribution in [0.3, 0.4) is 0 Å². The van der Waals surface area contributed by atoms with E-state index < -0.39 is 35.4 Å². The number of hydrogen-bond donors (Lipinski definition) is 1. The summed E-state index contributed by atoms with van der Waals surface area (Å²) in [5.74, 6) is -5.44. The maximum Gasteiger partial charge on any atom is 0.392 e. The molecule has 0 saturated heterocycles. The topological polar surface area (TPSA) is 55.4 Å². The van der Waals surface area contributed by atoms with E-state index in [9.17, 15) is 22.8 Å². The van der Waals surface area contributed by atoms with Gasteiger partial charge in [0.1, 0.15) is 5.60 Å². The second kappa shape index (κ2) is 11.4. The summed E-state index contributed by atoms with van der Waals surface area (Å²) in [5, 5.41) is 3.04. The normalized spacial score (nSPS) is 18.5. The first kappa shape index (κ1) is 28.5. The molecule has 34 heavy (non-hydrogen) atoms. The average molecular weight is 541 g/mol. The highest BCUT2D eigenvalue weighted by Gasteiger charge is 2.47. The number of anilines is 1. The van der Waals surface area contributed by atoms with Crippen molar-refractivity contribution in [1.29, 1.82) is 0 Å². The Kier molecular flexibility index (Phi) is 9.53. The Morgan fingerprint density at radius 2 is 1.79 bits per heavy atom. The number of hydrogen-bond acceptors (Lipinski definition) is 3. The van der Waals surface area contributed by atoms with E-state index in [4.69, 9.17) is 39.5 Å². The van der Waals surface area contributed by atoms with Crippen molar-refractivity contribution in [2.45, 2.75) is 58.7 Å². The molecule has 0 radical (unpaired) electrons. The molecule has 1 aliphatic carbocycles. The molecule has 0 heterocycles. The fourth-order valence-corrected chi connectivity index (χ4v) is 4.15. The Morgan fingerprint density at radius 3 is 2.35 bits per heavy atom. The highest BCUT2D eigenvalue weighted by atomic mass is 35.5. The van der Waals surface area contributed by atoms with Crippen molar-refractivity contribution in [3.05, 3.63) is 51.0 Å². The van der Waals surface area contributed by atoms with Gasteiger partial charge in [-0.1, -0.05) is 59.9 Å². The number of esters is 1. The predicted octanol–water partition coefficient (Wildman–Crippen LogP) is 7.63. The SMILES string of the molecule is C[C@H]([C@H](C(=O)Nc1cc(CCC(=O)OC(C)(C)C)ccc1Cl)C1C=C(Cl)C(Cl)=CC1)C(F)(F)F. The van der Waals surface area contributed by atoms with Crippen LogP contribution in [0.5, 0.6) is 0 Å². The van der Waals surface area contributed by atoms with Crippen molar-refractivity contribution in [2.75, 3.05) is 5.32 Å². The first-order valence-electron chi connectivity index (χ1n) is 10.7. The summed E-state index contributed by atoms with van der Waals surface area (Å²) in [6, 6.07) is 4.73. The van der Waals surface area contributed by atoms with Crippen LogP contribution in [0.1, 0.15) is 46.1 Å². The van der Waals surface area contributed by atoms with E-state index in [0.717, 1.165) is 6.92 Å². The van der Waals surface area contributed by atoms with Crippen LogP contribution >= 0.6 is 34.8 Å². The smallest absolute Gasteiger partial charge is 0.392 e. The molecular weight excluding hydrogens is 514 g/mol. The standard InChI is InChI=1S/C24H27Cl3F3NO3/c1-13(24(28,29)30)21(15-7-9-16(25)18(27)12-15)22(33)31-19-11-14(5-8-17(19)26)6-10-20(32)34-23(2,3)4/h5,8-9,11-13,15,21H,6-7,10H2,1-4H3,(H,31,33)/t13-,15?,21+/m1/s1. The van der Waals surface area contributed by atoms with Gasteiger partial charge >= 0.3 is 12.1 Å². The molecule has 0 aliphatic heterocycles. The molecule has 188 valence electrons. The molecule has 0 saturated carbocycles. The summed E-state index contributed by atoms with van der Waals surface area (Å²) in [4.78, 5) is 25.1. The number of rotatable bonds is 7. The van der Waals surface area contributed by atoms with E-state index in [1.807, 2.05) is 0 Å². The number of amides is 1. The van der Waals surface area contributed by atoms with Crippen LogP contribution in [0, 0.1) is 17.8 Å². The van der Waals surface area contributed by atoms with Gasteiger partial charge in [0.15, 0.2) is 0 Å². The van der Waals surface area contributed by atoms with E-state index in [-0.39, 0.29) is 39.6 Å². The fraction of sp³-hybridized carbons (Fsp3) is 0.500. The number of halogens is 6. The molecule has 1 aromatic carbocycles. The third-order valence-electron chi connectivity index (χ3n) is 5.30. The number of ether oxygens (including phenoxy) is 1. The van der Waals surface area contributed by atoms with Gasteiger partial charge in [0.2, 0.25) is 5.91 Å². The van der Waals surface area contributed by atoms with Crippen LogP contribution in [0.25, 0.3) is 0 Å². The molecule has 0 bridgehead atoms. The van der Waals surface area contributed by atoms with Gasteiger partial charge < -0.3 is 10.1 Å². The molecule has 0 fully saturated rings. The highest BCUT2D eigenvalue weighted by molar-refractivity contribution is 6.44. The summed E-state index contributed by atoms with van der Waals surface area (Å²) < 4.78 is 46.1. The van der Waals surface area contributed by atoms with E-state index in [2.05, 4.69) is 5.32 Å². The van der Waals surface area contributed by atoms with Crippen molar-refractivity contribution in [3.8, 4) is 0 Å². The van der Waals surface area contributed by atoms with E-state index in [1.165, 1.54) is 18.2 Å². The molecule has 1 N–H and O–H groups in total. The fourth-order valence-electron chi connectivity index (χ4n) is 3.60. The summed E-state index contributed by atoms with van der Waals surface area (Å²) in [6.45, 7) is 6.25. The second-order valence-electron chi connectivity index (χ2n) is 9.21. The lowest BCUT2D eigenvalue weighted by molar-refractivity contribution is -0.188. The molecule has 1 unspecified atom stereocenters. The van der Waals surface area contributed by atoms with Gasteiger partial charge in [-0.3, -0.25) is 9.59 Å². The molecule has 3 atom stereocenters. The summed E-state index contributed by atoms with van der Waals surface area (Å²) in [7, 11) is 0. The number of benzene rings is 1. The molecule has 0 aromatic heterocycles. The lowest BCUT2D eigenvalue weighted by atomic mass is 9.78. The van der Waals surface area contributed by atoms with E-state index in [1.54, 1.807) is 32.9 Å². The number of aryl methyl sites for hydroxylation is 1.